The molecule has 2 aromatic carbocycles. The van der Waals surface area contributed by atoms with E-state index in [1.807, 2.05) is 0 Å². The first kappa shape index (κ1) is 17.4. The van der Waals surface area contributed by atoms with Crippen molar-refractivity contribution in [3.05, 3.63) is 59.7 Å². The van der Waals surface area contributed by atoms with Gasteiger partial charge in [-0.2, -0.15) is 0 Å². The molecular weight excluding hydrogens is 328 g/mol. The van der Waals surface area contributed by atoms with Crippen LogP contribution in [0.2, 0.25) is 0 Å². The van der Waals surface area contributed by atoms with Gasteiger partial charge in [0.15, 0.2) is 0 Å². The average molecular weight is 354 g/mol. The standard InChI is InChI=1S/C22H26O4/c1-5-19-6-2-17(1)21-9-10-22(21)18-3-7-20(8-4-18)26-16-14-24-12-11-23-13-15-25-19/h1-8,21-22H,9-16H2. The summed E-state index contributed by atoms with van der Waals surface area (Å²) in [6, 6.07) is 17.1. The van der Waals surface area contributed by atoms with Crippen LogP contribution in [-0.4, -0.2) is 39.6 Å². The van der Waals surface area contributed by atoms with Crippen LogP contribution >= 0.6 is 0 Å². The third-order valence-corrected chi connectivity index (χ3v) is 5.26. The first-order chi connectivity index (χ1) is 12.9. The molecule has 1 saturated carbocycles. The molecule has 2 atom stereocenters. The summed E-state index contributed by atoms with van der Waals surface area (Å²) in [7, 11) is 0. The number of hydrogen-bond acceptors (Lipinski definition) is 4. The predicted molar refractivity (Wildman–Crippen MR) is 100 cm³/mol. The highest BCUT2D eigenvalue weighted by Gasteiger charge is 2.33. The first-order valence-corrected chi connectivity index (χ1v) is 9.51. The number of ether oxygens (including phenoxy) is 4. The van der Waals surface area contributed by atoms with Crippen molar-refractivity contribution in [1.29, 1.82) is 0 Å². The van der Waals surface area contributed by atoms with Crippen LogP contribution < -0.4 is 9.47 Å². The summed E-state index contributed by atoms with van der Waals surface area (Å²) >= 11 is 0. The second-order valence-electron chi connectivity index (χ2n) is 6.85. The van der Waals surface area contributed by atoms with Crippen LogP contribution in [0, 0.1) is 0 Å². The quantitative estimate of drug-likeness (QED) is 0.712. The van der Waals surface area contributed by atoms with E-state index in [0.29, 0.717) is 51.5 Å². The Kier molecular flexibility index (Phi) is 5.72. The summed E-state index contributed by atoms with van der Waals surface area (Å²) in [6.07, 6.45) is 2.49. The highest BCUT2D eigenvalue weighted by atomic mass is 16.6. The fourth-order valence-electron chi connectivity index (χ4n) is 3.68. The maximum atomic E-state index is 5.75. The molecule has 2 aromatic rings. The Bertz CT molecular complexity index is 619. The second-order valence-corrected chi connectivity index (χ2v) is 6.85. The highest BCUT2D eigenvalue weighted by molar-refractivity contribution is 5.37. The summed E-state index contributed by atoms with van der Waals surface area (Å²) < 4.78 is 22.6. The Balaban J connectivity index is 1.48. The number of hydrogen-bond donors (Lipinski definition) is 0. The molecule has 0 saturated heterocycles. The van der Waals surface area contributed by atoms with Gasteiger partial charge in [-0.05, 0) is 60.1 Å². The largest absolute Gasteiger partial charge is 0.491 e. The minimum absolute atomic E-state index is 0.556. The second kappa shape index (κ2) is 8.56. The van der Waals surface area contributed by atoms with Gasteiger partial charge in [0.2, 0.25) is 0 Å². The van der Waals surface area contributed by atoms with E-state index in [0.717, 1.165) is 11.5 Å². The summed E-state index contributed by atoms with van der Waals surface area (Å²) in [5, 5.41) is 0. The van der Waals surface area contributed by atoms with Crippen molar-refractivity contribution in [3.8, 4) is 11.5 Å². The number of benzene rings is 2. The molecule has 3 heterocycles. The van der Waals surface area contributed by atoms with Gasteiger partial charge in [0.05, 0.1) is 26.4 Å². The molecule has 0 aromatic heterocycles. The van der Waals surface area contributed by atoms with E-state index in [-0.39, 0.29) is 0 Å². The van der Waals surface area contributed by atoms with Crippen molar-refractivity contribution in [3.63, 3.8) is 0 Å². The van der Waals surface area contributed by atoms with Crippen LogP contribution in [0.25, 0.3) is 0 Å². The maximum Gasteiger partial charge on any atom is 0.119 e. The van der Waals surface area contributed by atoms with Crippen molar-refractivity contribution < 1.29 is 18.9 Å². The fraction of sp³-hybridized carbons (Fsp3) is 0.455. The molecule has 26 heavy (non-hydrogen) atoms. The Morgan fingerprint density at radius 2 is 0.885 bits per heavy atom. The van der Waals surface area contributed by atoms with Crippen molar-refractivity contribution in [1.82, 2.24) is 0 Å². The normalized spacial score (nSPS) is 24.0. The van der Waals surface area contributed by atoms with E-state index in [2.05, 4.69) is 48.5 Å². The molecule has 138 valence electrons. The third kappa shape index (κ3) is 4.19. The van der Waals surface area contributed by atoms with E-state index in [9.17, 15) is 0 Å². The topological polar surface area (TPSA) is 36.9 Å². The van der Waals surface area contributed by atoms with Gasteiger partial charge in [-0.25, -0.2) is 0 Å². The number of fused-ring (bicyclic) bond motifs is 2. The van der Waals surface area contributed by atoms with E-state index >= 15 is 0 Å². The third-order valence-electron chi connectivity index (χ3n) is 5.26. The van der Waals surface area contributed by atoms with Crippen molar-refractivity contribution in [2.24, 2.45) is 0 Å². The van der Waals surface area contributed by atoms with E-state index < -0.39 is 0 Å². The SMILES string of the molecule is c1cc2ccc1OCCOCCOCCOc1ccc(cc1)C1CCC21. The zero-order valence-electron chi connectivity index (χ0n) is 15.1. The molecule has 2 unspecified atom stereocenters. The summed E-state index contributed by atoms with van der Waals surface area (Å²) in [5.41, 5.74) is 2.80. The van der Waals surface area contributed by atoms with Gasteiger partial charge in [0.25, 0.3) is 0 Å². The van der Waals surface area contributed by atoms with Crippen LogP contribution in [0.15, 0.2) is 48.5 Å². The first-order valence-electron chi connectivity index (χ1n) is 9.51. The van der Waals surface area contributed by atoms with Gasteiger partial charge >= 0.3 is 0 Å². The monoisotopic (exact) mass is 354 g/mol. The molecule has 3 aliphatic heterocycles. The lowest BCUT2D eigenvalue weighted by Crippen LogP contribution is -2.21. The minimum Gasteiger partial charge on any atom is -0.491 e. The molecule has 6 rings (SSSR count). The van der Waals surface area contributed by atoms with E-state index in [4.69, 9.17) is 18.9 Å². The lowest BCUT2D eigenvalue weighted by Gasteiger charge is -2.37. The molecule has 4 aliphatic rings. The Hall–Kier alpha value is -2.04. The van der Waals surface area contributed by atoms with Crippen molar-refractivity contribution in [2.75, 3.05) is 39.6 Å². The van der Waals surface area contributed by atoms with E-state index in [1.165, 1.54) is 24.0 Å². The molecular formula is C22H26O4. The van der Waals surface area contributed by atoms with Gasteiger partial charge in [-0.3, -0.25) is 0 Å². The van der Waals surface area contributed by atoms with Crippen molar-refractivity contribution in [2.45, 2.75) is 24.7 Å². The molecule has 4 nitrogen and oxygen atoms in total. The zero-order valence-corrected chi connectivity index (χ0v) is 15.1. The van der Waals surface area contributed by atoms with Gasteiger partial charge in [-0.15, -0.1) is 0 Å². The molecule has 1 fully saturated rings. The van der Waals surface area contributed by atoms with Gasteiger partial charge in [0.1, 0.15) is 24.7 Å². The summed E-state index contributed by atoms with van der Waals surface area (Å²) in [4.78, 5) is 0. The fourth-order valence-corrected chi connectivity index (χ4v) is 3.68. The molecule has 0 spiro atoms. The Morgan fingerprint density at radius 1 is 0.500 bits per heavy atom. The lowest BCUT2D eigenvalue weighted by atomic mass is 9.67. The predicted octanol–water partition coefficient (Wildman–Crippen LogP) is 4.15. The summed E-state index contributed by atoms with van der Waals surface area (Å²) in [5.74, 6) is 3.00. The molecule has 1 aliphatic carbocycles. The molecule has 0 N–H and O–H groups in total. The maximum absolute atomic E-state index is 5.75. The molecule has 0 radical (unpaired) electrons. The average Bonchev–Trinajstić information content (AvgIpc) is 2.64. The number of rotatable bonds is 0. The Morgan fingerprint density at radius 3 is 1.27 bits per heavy atom. The summed E-state index contributed by atoms with van der Waals surface area (Å²) in [6.45, 7) is 3.39. The minimum atomic E-state index is 0.556. The smallest absolute Gasteiger partial charge is 0.119 e. The Labute approximate surface area is 155 Å². The van der Waals surface area contributed by atoms with Crippen LogP contribution in [0.3, 0.4) is 0 Å². The highest BCUT2D eigenvalue weighted by Crippen LogP contribution is 2.49. The van der Waals surface area contributed by atoms with Gasteiger partial charge in [0, 0.05) is 0 Å². The van der Waals surface area contributed by atoms with Crippen LogP contribution in [-0.2, 0) is 9.47 Å². The van der Waals surface area contributed by atoms with Crippen LogP contribution in [0.1, 0.15) is 35.8 Å². The van der Waals surface area contributed by atoms with Crippen LogP contribution in [0.4, 0.5) is 0 Å². The van der Waals surface area contributed by atoms with Gasteiger partial charge in [-0.1, -0.05) is 24.3 Å². The molecule has 0 amide bonds. The van der Waals surface area contributed by atoms with E-state index in [1.54, 1.807) is 0 Å². The van der Waals surface area contributed by atoms with Crippen LogP contribution in [0.5, 0.6) is 11.5 Å². The molecule has 4 heteroatoms. The lowest BCUT2D eigenvalue weighted by molar-refractivity contribution is 0.0273. The molecule has 4 bridgehead atoms. The zero-order chi connectivity index (χ0) is 17.6. The van der Waals surface area contributed by atoms with Gasteiger partial charge < -0.3 is 18.9 Å². The van der Waals surface area contributed by atoms with Crippen molar-refractivity contribution >= 4 is 0 Å².